The average Bonchev–Trinajstić information content (AvgIpc) is 2.29. The number of nitrogens with one attached hydrogen (secondary N) is 1. The van der Waals surface area contributed by atoms with Crippen LogP contribution in [0.15, 0.2) is 17.3 Å². The van der Waals surface area contributed by atoms with E-state index in [-0.39, 0.29) is 0 Å². The van der Waals surface area contributed by atoms with Crippen molar-refractivity contribution < 1.29 is 0 Å². The number of pyridine rings is 1. The minimum atomic E-state index is 0.612. The van der Waals surface area contributed by atoms with Crippen molar-refractivity contribution >= 4 is 11.8 Å². The number of thioether (sulfide) groups is 1. The van der Waals surface area contributed by atoms with Crippen LogP contribution in [0, 0.1) is 12.8 Å². The van der Waals surface area contributed by atoms with Crippen LogP contribution in [-0.2, 0) is 6.54 Å². The van der Waals surface area contributed by atoms with E-state index in [1.807, 2.05) is 18.0 Å². The predicted octanol–water partition coefficient (Wildman–Crippen LogP) is 3.64. The molecule has 0 spiro atoms. The van der Waals surface area contributed by atoms with E-state index in [1.54, 1.807) is 0 Å². The van der Waals surface area contributed by atoms with Crippen molar-refractivity contribution in [2.24, 2.45) is 5.92 Å². The highest BCUT2D eigenvalue weighted by atomic mass is 32.2. The summed E-state index contributed by atoms with van der Waals surface area (Å²) in [6.07, 6.45) is 1.99. The fourth-order valence-corrected chi connectivity index (χ4v) is 2.40. The zero-order valence-electron chi connectivity index (χ0n) is 11.6. The third-order valence-electron chi connectivity index (χ3n) is 2.90. The first-order chi connectivity index (χ1) is 8.04. The normalized spacial score (nSPS) is 13.1. The molecule has 0 aromatic carbocycles. The summed E-state index contributed by atoms with van der Waals surface area (Å²) >= 11 is 1.88. The minimum absolute atomic E-state index is 0.612. The highest BCUT2D eigenvalue weighted by molar-refractivity contribution is 7.99. The molecule has 1 rings (SSSR count). The highest BCUT2D eigenvalue weighted by Gasteiger charge is 2.11. The van der Waals surface area contributed by atoms with E-state index in [0.29, 0.717) is 11.2 Å². The Balaban J connectivity index is 2.69. The van der Waals surface area contributed by atoms with Crippen LogP contribution in [-0.4, -0.2) is 16.8 Å². The van der Waals surface area contributed by atoms with Crippen LogP contribution >= 0.6 is 11.8 Å². The lowest BCUT2D eigenvalue weighted by Crippen LogP contribution is -2.12. The van der Waals surface area contributed by atoms with E-state index < -0.39 is 0 Å². The molecule has 2 nitrogen and oxygen atoms in total. The molecule has 1 unspecified atom stereocenters. The molecule has 1 aromatic heterocycles. The standard InChI is InChI=1S/C14H24N2S/c1-6-15-8-13-7-11(4)14(16-9-13)17-12(5)10(2)3/h7,9-10,12,15H,6,8H2,1-5H3. The second-order valence-corrected chi connectivity index (χ2v) is 6.18. The maximum Gasteiger partial charge on any atom is 0.0991 e. The molecular weight excluding hydrogens is 228 g/mol. The van der Waals surface area contributed by atoms with Crippen molar-refractivity contribution in [1.29, 1.82) is 0 Å². The number of rotatable bonds is 6. The fourth-order valence-electron chi connectivity index (χ4n) is 1.42. The number of hydrogen-bond donors (Lipinski definition) is 1. The van der Waals surface area contributed by atoms with Gasteiger partial charge in [0.25, 0.3) is 0 Å². The van der Waals surface area contributed by atoms with Crippen LogP contribution in [0.25, 0.3) is 0 Å². The SMILES string of the molecule is CCNCc1cnc(SC(C)C(C)C)c(C)c1. The van der Waals surface area contributed by atoms with Crippen molar-refractivity contribution in [1.82, 2.24) is 10.3 Å². The van der Waals surface area contributed by atoms with Crippen LogP contribution in [0.4, 0.5) is 0 Å². The van der Waals surface area contributed by atoms with Crippen molar-refractivity contribution in [2.75, 3.05) is 6.54 Å². The Morgan fingerprint density at radius 1 is 1.35 bits per heavy atom. The summed E-state index contributed by atoms with van der Waals surface area (Å²) in [4.78, 5) is 4.58. The highest BCUT2D eigenvalue weighted by Crippen LogP contribution is 2.28. The van der Waals surface area contributed by atoms with Crippen LogP contribution in [0.1, 0.15) is 38.8 Å². The minimum Gasteiger partial charge on any atom is -0.313 e. The maximum atomic E-state index is 4.58. The Hall–Kier alpha value is -0.540. The maximum absolute atomic E-state index is 4.58. The first-order valence-corrected chi connectivity index (χ1v) is 7.25. The van der Waals surface area contributed by atoms with Gasteiger partial charge in [0.05, 0.1) is 5.03 Å². The van der Waals surface area contributed by atoms with Gasteiger partial charge < -0.3 is 5.32 Å². The molecule has 0 radical (unpaired) electrons. The Morgan fingerprint density at radius 2 is 2.06 bits per heavy atom. The Morgan fingerprint density at radius 3 is 2.59 bits per heavy atom. The summed E-state index contributed by atoms with van der Waals surface area (Å²) < 4.78 is 0. The first kappa shape index (κ1) is 14.5. The molecule has 0 aliphatic heterocycles. The van der Waals surface area contributed by atoms with Crippen molar-refractivity contribution in [3.63, 3.8) is 0 Å². The predicted molar refractivity (Wildman–Crippen MR) is 76.5 cm³/mol. The van der Waals surface area contributed by atoms with Gasteiger partial charge in [0, 0.05) is 18.0 Å². The van der Waals surface area contributed by atoms with Gasteiger partial charge in [0.1, 0.15) is 0 Å². The number of hydrogen-bond acceptors (Lipinski definition) is 3. The van der Waals surface area contributed by atoms with E-state index in [2.05, 4.69) is 51.0 Å². The molecule has 0 bridgehead atoms. The molecular formula is C14H24N2S. The lowest BCUT2D eigenvalue weighted by molar-refractivity contribution is 0.641. The lowest BCUT2D eigenvalue weighted by atomic mass is 10.2. The van der Waals surface area contributed by atoms with E-state index >= 15 is 0 Å². The number of nitrogens with zero attached hydrogens (tertiary/aromatic N) is 1. The molecule has 3 heteroatoms. The lowest BCUT2D eigenvalue weighted by Gasteiger charge is -2.16. The average molecular weight is 252 g/mol. The summed E-state index contributed by atoms with van der Waals surface area (Å²) in [7, 11) is 0. The number of aromatic nitrogens is 1. The molecule has 0 fully saturated rings. The van der Waals surface area contributed by atoms with Crippen molar-refractivity contribution in [2.45, 2.75) is 51.4 Å². The zero-order valence-corrected chi connectivity index (χ0v) is 12.4. The van der Waals surface area contributed by atoms with Gasteiger partial charge in [0.15, 0.2) is 0 Å². The van der Waals surface area contributed by atoms with E-state index in [9.17, 15) is 0 Å². The quantitative estimate of drug-likeness (QED) is 0.783. The largest absolute Gasteiger partial charge is 0.313 e. The van der Waals surface area contributed by atoms with Gasteiger partial charge in [-0.3, -0.25) is 0 Å². The van der Waals surface area contributed by atoms with Gasteiger partial charge >= 0.3 is 0 Å². The van der Waals surface area contributed by atoms with Gasteiger partial charge in [-0.05, 0) is 30.5 Å². The Labute approximate surface area is 110 Å². The van der Waals surface area contributed by atoms with Crippen LogP contribution < -0.4 is 5.32 Å². The molecule has 1 N–H and O–H groups in total. The van der Waals surface area contributed by atoms with Gasteiger partial charge in [-0.1, -0.05) is 33.8 Å². The second-order valence-electron chi connectivity index (χ2n) is 4.81. The third-order valence-corrected chi connectivity index (χ3v) is 4.47. The number of aryl methyl sites for hydroxylation is 1. The second kappa shape index (κ2) is 7.02. The Bertz CT molecular complexity index is 350. The molecule has 0 aliphatic rings. The van der Waals surface area contributed by atoms with Crippen LogP contribution in [0.3, 0.4) is 0 Å². The van der Waals surface area contributed by atoms with Gasteiger partial charge in [-0.15, -0.1) is 11.8 Å². The molecule has 0 amide bonds. The Kier molecular flexibility index (Phi) is 6.00. The summed E-state index contributed by atoms with van der Waals surface area (Å²) in [5, 5.41) is 5.11. The molecule has 0 saturated heterocycles. The van der Waals surface area contributed by atoms with Crippen molar-refractivity contribution in [3.05, 3.63) is 23.4 Å². The molecule has 1 atom stereocenters. The summed E-state index contributed by atoms with van der Waals surface area (Å²) in [5.41, 5.74) is 2.56. The summed E-state index contributed by atoms with van der Waals surface area (Å²) in [6, 6.07) is 2.24. The van der Waals surface area contributed by atoms with Gasteiger partial charge in [0.2, 0.25) is 0 Å². The van der Waals surface area contributed by atoms with Gasteiger partial charge in [-0.25, -0.2) is 4.98 Å². The van der Waals surface area contributed by atoms with E-state index in [4.69, 9.17) is 0 Å². The van der Waals surface area contributed by atoms with Crippen molar-refractivity contribution in [3.8, 4) is 0 Å². The summed E-state index contributed by atoms with van der Waals surface area (Å²) in [6.45, 7) is 13.0. The molecule has 0 saturated carbocycles. The van der Waals surface area contributed by atoms with E-state index in [1.165, 1.54) is 16.2 Å². The molecule has 1 aromatic rings. The smallest absolute Gasteiger partial charge is 0.0991 e. The monoisotopic (exact) mass is 252 g/mol. The third kappa shape index (κ3) is 4.68. The van der Waals surface area contributed by atoms with Gasteiger partial charge in [-0.2, -0.15) is 0 Å². The topological polar surface area (TPSA) is 24.9 Å². The first-order valence-electron chi connectivity index (χ1n) is 6.37. The zero-order chi connectivity index (χ0) is 12.8. The van der Waals surface area contributed by atoms with Crippen LogP contribution in [0.5, 0.6) is 0 Å². The molecule has 0 aliphatic carbocycles. The molecule has 96 valence electrons. The van der Waals surface area contributed by atoms with Crippen LogP contribution in [0.2, 0.25) is 0 Å². The van der Waals surface area contributed by atoms with E-state index in [0.717, 1.165) is 13.1 Å². The summed E-state index contributed by atoms with van der Waals surface area (Å²) in [5.74, 6) is 0.683. The molecule has 1 heterocycles. The fraction of sp³-hybridized carbons (Fsp3) is 0.643. The molecule has 17 heavy (non-hydrogen) atoms.